The lowest BCUT2D eigenvalue weighted by Gasteiger charge is -2.45. The smallest absolute Gasteiger partial charge is 0.247 e. The zero-order valence-electron chi connectivity index (χ0n) is 21.6. The Kier molecular flexibility index (Phi) is 7.01. The summed E-state index contributed by atoms with van der Waals surface area (Å²) in [6.45, 7) is 0.00127. The molecule has 6 rings (SSSR count). The molecule has 3 fully saturated rings. The number of para-hydroxylation sites is 1. The van der Waals surface area contributed by atoms with Crippen molar-refractivity contribution in [2.24, 2.45) is 17.8 Å². The zero-order valence-corrected chi connectivity index (χ0v) is 21.6. The summed E-state index contributed by atoms with van der Waals surface area (Å²) in [6.07, 6.45) is 11.0. The van der Waals surface area contributed by atoms with E-state index >= 15 is 0 Å². The first kappa shape index (κ1) is 24.9. The third-order valence-electron chi connectivity index (χ3n) is 9.78. The number of hydrogen-bond acceptors (Lipinski definition) is 5. The first-order valence-corrected chi connectivity index (χ1v) is 14.4. The van der Waals surface area contributed by atoms with Gasteiger partial charge in [-0.2, -0.15) is 0 Å². The molecule has 200 valence electrons. The van der Waals surface area contributed by atoms with Gasteiger partial charge in [-0.3, -0.25) is 9.59 Å². The molecule has 7 atom stereocenters. The number of carbonyl (C=O) groups excluding carboxylic acids is 2. The lowest BCUT2D eigenvalue weighted by Crippen LogP contribution is -2.59. The standard InChI is InChI=1S/C30H40N2O5/c33-13-12-31-30(36)23-17-24(28(35)29-27(23)22-8-4-5-9-25(22)37-29)32(21-6-2-1-3-7-21)26(34)16-20-15-18-10-11-19(20)14-18/h4-5,8-9,17-21,24,27-29,33,35H,1-3,6-7,10-16H2,(H,31,36)/t18?,19?,20?,24-,27+,28+,29+/m1/s1. The lowest BCUT2D eigenvalue weighted by atomic mass is 9.76. The van der Waals surface area contributed by atoms with Gasteiger partial charge in [-0.1, -0.05) is 43.9 Å². The number of hydrogen-bond donors (Lipinski definition) is 3. The van der Waals surface area contributed by atoms with E-state index in [-0.39, 0.29) is 31.0 Å². The van der Waals surface area contributed by atoms with Crippen molar-refractivity contribution < 1.29 is 24.5 Å². The van der Waals surface area contributed by atoms with Crippen molar-refractivity contribution in [2.45, 2.75) is 94.4 Å². The average Bonchev–Trinajstić information content (AvgIpc) is 3.64. The quantitative estimate of drug-likeness (QED) is 0.525. The Labute approximate surface area is 219 Å². The maximum atomic E-state index is 14.1. The van der Waals surface area contributed by atoms with Gasteiger partial charge in [-0.25, -0.2) is 0 Å². The Hall–Kier alpha value is -2.38. The number of carbonyl (C=O) groups is 2. The minimum atomic E-state index is -0.933. The maximum absolute atomic E-state index is 14.1. The number of nitrogens with one attached hydrogen (secondary N) is 1. The van der Waals surface area contributed by atoms with Crippen molar-refractivity contribution in [1.29, 1.82) is 0 Å². The van der Waals surface area contributed by atoms with Crippen molar-refractivity contribution >= 4 is 11.8 Å². The average molecular weight is 509 g/mol. The topological polar surface area (TPSA) is 99.1 Å². The van der Waals surface area contributed by atoms with Crippen LogP contribution in [0.5, 0.6) is 5.75 Å². The summed E-state index contributed by atoms with van der Waals surface area (Å²) in [5.74, 6) is 1.99. The summed E-state index contributed by atoms with van der Waals surface area (Å²) >= 11 is 0. The van der Waals surface area contributed by atoms with Gasteiger partial charge in [0.15, 0.2) is 0 Å². The summed E-state index contributed by atoms with van der Waals surface area (Å²) in [4.78, 5) is 29.4. The number of rotatable bonds is 7. The van der Waals surface area contributed by atoms with Crippen LogP contribution in [-0.4, -0.2) is 64.4 Å². The van der Waals surface area contributed by atoms with E-state index < -0.39 is 24.2 Å². The van der Waals surface area contributed by atoms with E-state index in [1.54, 1.807) is 0 Å². The van der Waals surface area contributed by atoms with Gasteiger partial charge in [0, 0.05) is 30.1 Å². The molecule has 1 aromatic carbocycles. The monoisotopic (exact) mass is 508 g/mol. The van der Waals surface area contributed by atoms with E-state index in [0.717, 1.165) is 43.6 Å². The molecule has 1 aliphatic heterocycles. The summed E-state index contributed by atoms with van der Waals surface area (Å²) in [7, 11) is 0. The van der Waals surface area contributed by atoms with Crippen LogP contribution in [0.15, 0.2) is 35.9 Å². The molecule has 2 bridgehead atoms. The van der Waals surface area contributed by atoms with Crippen LogP contribution in [0, 0.1) is 17.8 Å². The van der Waals surface area contributed by atoms with Crippen molar-refractivity contribution in [3.8, 4) is 5.75 Å². The van der Waals surface area contributed by atoms with E-state index in [2.05, 4.69) is 5.32 Å². The van der Waals surface area contributed by atoms with Gasteiger partial charge >= 0.3 is 0 Å². The third-order valence-corrected chi connectivity index (χ3v) is 9.78. The molecule has 7 nitrogen and oxygen atoms in total. The largest absolute Gasteiger partial charge is 0.486 e. The minimum absolute atomic E-state index is 0.0674. The summed E-state index contributed by atoms with van der Waals surface area (Å²) < 4.78 is 6.27. The molecule has 0 radical (unpaired) electrons. The van der Waals surface area contributed by atoms with E-state index in [4.69, 9.17) is 4.74 Å². The summed E-state index contributed by atoms with van der Waals surface area (Å²) in [5.41, 5.74) is 1.40. The number of aliphatic hydroxyl groups is 2. The van der Waals surface area contributed by atoms with Crippen LogP contribution in [0.4, 0.5) is 0 Å². The van der Waals surface area contributed by atoms with Crippen LogP contribution in [0.3, 0.4) is 0 Å². The number of nitrogens with zero attached hydrogens (tertiary/aromatic N) is 1. The molecule has 3 unspecified atom stereocenters. The van der Waals surface area contributed by atoms with Crippen LogP contribution in [0.1, 0.15) is 75.7 Å². The number of fused-ring (bicyclic) bond motifs is 5. The molecule has 4 aliphatic carbocycles. The predicted molar refractivity (Wildman–Crippen MR) is 139 cm³/mol. The Bertz CT molecular complexity index is 1050. The molecule has 0 spiro atoms. The zero-order chi connectivity index (χ0) is 25.5. The van der Waals surface area contributed by atoms with Gasteiger partial charge in [0.25, 0.3) is 0 Å². The first-order valence-electron chi connectivity index (χ1n) is 14.4. The molecular weight excluding hydrogens is 468 g/mol. The first-order chi connectivity index (χ1) is 18.0. The second kappa shape index (κ2) is 10.4. The van der Waals surface area contributed by atoms with E-state index in [1.165, 1.54) is 25.7 Å². The molecule has 5 aliphatic rings. The fourth-order valence-corrected chi connectivity index (χ4v) is 8.09. The normalized spacial score (nSPS) is 34.3. The van der Waals surface area contributed by atoms with Gasteiger partial charge in [0.05, 0.1) is 18.6 Å². The minimum Gasteiger partial charge on any atom is -0.486 e. The molecule has 7 heteroatoms. The van der Waals surface area contributed by atoms with Gasteiger partial charge in [-0.15, -0.1) is 0 Å². The third kappa shape index (κ3) is 4.59. The Balaban J connectivity index is 1.34. The molecule has 0 aromatic heterocycles. The highest BCUT2D eigenvalue weighted by molar-refractivity contribution is 5.96. The maximum Gasteiger partial charge on any atom is 0.247 e. The van der Waals surface area contributed by atoms with Crippen molar-refractivity contribution in [2.75, 3.05) is 13.2 Å². The van der Waals surface area contributed by atoms with E-state index in [9.17, 15) is 19.8 Å². The number of aliphatic hydroxyl groups excluding tert-OH is 2. The van der Waals surface area contributed by atoms with Crippen molar-refractivity contribution in [3.63, 3.8) is 0 Å². The van der Waals surface area contributed by atoms with Crippen LogP contribution >= 0.6 is 0 Å². The molecule has 3 saturated carbocycles. The van der Waals surface area contributed by atoms with Crippen molar-refractivity contribution in [3.05, 3.63) is 41.5 Å². The number of ether oxygens (including phenoxy) is 1. The van der Waals surface area contributed by atoms with Crippen LogP contribution < -0.4 is 10.1 Å². The van der Waals surface area contributed by atoms with E-state index in [1.807, 2.05) is 35.2 Å². The molecule has 3 N–H and O–H groups in total. The van der Waals surface area contributed by atoms with Gasteiger partial charge in [0.2, 0.25) is 11.8 Å². The molecular formula is C30H40N2O5. The molecule has 2 amide bonds. The second-order valence-corrected chi connectivity index (χ2v) is 11.9. The summed E-state index contributed by atoms with van der Waals surface area (Å²) in [5, 5.41) is 23.9. The van der Waals surface area contributed by atoms with Crippen LogP contribution in [0.2, 0.25) is 0 Å². The second-order valence-electron chi connectivity index (χ2n) is 11.9. The Morgan fingerprint density at radius 3 is 2.59 bits per heavy atom. The number of amides is 2. The molecule has 37 heavy (non-hydrogen) atoms. The highest BCUT2D eigenvalue weighted by Crippen LogP contribution is 2.51. The SMILES string of the molecule is O=C(NCCO)C1=C[C@@H](N(C(=O)CC2CC3CCC2C3)C2CCCCC2)[C@H](O)[C@H]2Oc3ccccc3[C@@H]12. The van der Waals surface area contributed by atoms with Crippen LogP contribution in [0.25, 0.3) is 0 Å². The highest BCUT2D eigenvalue weighted by atomic mass is 16.5. The predicted octanol–water partition coefficient (Wildman–Crippen LogP) is 3.30. The Morgan fingerprint density at radius 2 is 1.86 bits per heavy atom. The summed E-state index contributed by atoms with van der Waals surface area (Å²) in [6, 6.07) is 7.08. The fraction of sp³-hybridized carbons (Fsp3) is 0.667. The lowest BCUT2D eigenvalue weighted by molar-refractivity contribution is -0.142. The van der Waals surface area contributed by atoms with Gasteiger partial charge in [-0.05, 0) is 62.0 Å². The fourth-order valence-electron chi connectivity index (χ4n) is 8.09. The molecule has 1 heterocycles. The van der Waals surface area contributed by atoms with E-state index in [0.29, 0.717) is 29.6 Å². The molecule has 0 saturated heterocycles. The number of benzene rings is 1. The Morgan fingerprint density at radius 1 is 1.05 bits per heavy atom. The van der Waals surface area contributed by atoms with Gasteiger partial charge < -0.3 is 25.2 Å². The molecule has 1 aromatic rings. The van der Waals surface area contributed by atoms with Crippen molar-refractivity contribution in [1.82, 2.24) is 10.2 Å². The van der Waals surface area contributed by atoms with Gasteiger partial charge in [0.1, 0.15) is 18.0 Å². The highest BCUT2D eigenvalue weighted by Gasteiger charge is 2.52. The van der Waals surface area contributed by atoms with Crippen LogP contribution in [-0.2, 0) is 9.59 Å².